The number of carbonyl (C=O) groups excluding carboxylic acids is 2. The quantitative estimate of drug-likeness (QED) is 0.232. The molecule has 126 valence electrons. The number of halogens is 2. The van der Waals surface area contributed by atoms with Crippen LogP contribution in [-0.4, -0.2) is 24.4 Å². The largest absolute Gasteiger partial charge is 0.344 e. The molecule has 0 spiro atoms. The van der Waals surface area contributed by atoms with E-state index in [1.54, 1.807) is 36.4 Å². The van der Waals surface area contributed by atoms with Crippen LogP contribution in [0.15, 0.2) is 53.5 Å². The van der Waals surface area contributed by atoms with E-state index in [1.807, 2.05) is 12.1 Å². The van der Waals surface area contributed by atoms with Crippen LogP contribution in [0.1, 0.15) is 10.4 Å². The van der Waals surface area contributed by atoms with E-state index in [9.17, 15) is 9.59 Å². The van der Waals surface area contributed by atoms with Crippen LogP contribution in [0.4, 0.5) is 5.69 Å². The summed E-state index contributed by atoms with van der Waals surface area (Å²) in [5, 5.41) is 2.80. The molecule has 0 fully saturated rings. The standard InChI is InChI=1S/C19H14ClIN2O2/c1-2-11-22-19(25)16(12-23-14-9-7-13(21)8-10-14)18(24)15-5-3-4-6-17(15)20/h1,3-10,12,16H,11H2,(H,22,25). The van der Waals surface area contributed by atoms with Gasteiger partial charge in [0.2, 0.25) is 5.91 Å². The number of hydrogen-bond acceptors (Lipinski definition) is 3. The molecule has 0 saturated heterocycles. The Kier molecular flexibility index (Phi) is 7.16. The van der Waals surface area contributed by atoms with Gasteiger partial charge in [-0.2, -0.15) is 0 Å². The summed E-state index contributed by atoms with van der Waals surface area (Å²) in [6.07, 6.45) is 6.48. The van der Waals surface area contributed by atoms with Gasteiger partial charge in [0.1, 0.15) is 5.92 Å². The molecule has 4 nitrogen and oxygen atoms in total. The number of carbonyl (C=O) groups is 2. The third-order valence-electron chi connectivity index (χ3n) is 3.27. The Balaban J connectivity index is 2.31. The van der Waals surface area contributed by atoms with Gasteiger partial charge in [-0.15, -0.1) is 6.42 Å². The second-order valence-corrected chi connectivity index (χ2v) is 6.65. The summed E-state index contributed by atoms with van der Waals surface area (Å²) in [6.45, 7) is 0.0303. The molecule has 0 bridgehead atoms. The van der Waals surface area contributed by atoms with Crippen LogP contribution in [0, 0.1) is 21.8 Å². The molecule has 0 heterocycles. The molecular formula is C19H14ClIN2O2. The number of terminal acetylenes is 1. The van der Waals surface area contributed by atoms with Gasteiger partial charge >= 0.3 is 0 Å². The Morgan fingerprint density at radius 1 is 1.24 bits per heavy atom. The summed E-state index contributed by atoms with van der Waals surface area (Å²) in [4.78, 5) is 29.3. The third-order valence-corrected chi connectivity index (χ3v) is 4.32. The zero-order valence-corrected chi connectivity index (χ0v) is 16.0. The van der Waals surface area contributed by atoms with Gasteiger partial charge in [-0.25, -0.2) is 0 Å². The monoisotopic (exact) mass is 464 g/mol. The van der Waals surface area contributed by atoms with Crippen LogP contribution < -0.4 is 5.32 Å². The second-order valence-electron chi connectivity index (χ2n) is 5.00. The van der Waals surface area contributed by atoms with Crippen molar-refractivity contribution in [2.45, 2.75) is 0 Å². The number of ketones is 1. The molecule has 1 atom stereocenters. The Hall–Kier alpha value is -2.17. The lowest BCUT2D eigenvalue weighted by atomic mass is 9.97. The predicted molar refractivity (Wildman–Crippen MR) is 108 cm³/mol. The van der Waals surface area contributed by atoms with E-state index >= 15 is 0 Å². The molecule has 1 N–H and O–H groups in total. The predicted octanol–water partition coefficient (Wildman–Crippen LogP) is 3.90. The Bertz CT molecular complexity index is 841. The fraction of sp³-hybridized carbons (Fsp3) is 0.105. The number of rotatable bonds is 6. The third kappa shape index (κ3) is 5.41. The van der Waals surface area contributed by atoms with Crippen molar-refractivity contribution in [3.05, 3.63) is 62.7 Å². The molecule has 2 aromatic rings. The first kappa shape index (κ1) is 19.2. The van der Waals surface area contributed by atoms with Gasteiger partial charge in [-0.3, -0.25) is 14.6 Å². The molecule has 2 aromatic carbocycles. The van der Waals surface area contributed by atoms with E-state index in [-0.39, 0.29) is 17.1 Å². The normalized spacial score (nSPS) is 11.7. The van der Waals surface area contributed by atoms with E-state index < -0.39 is 17.6 Å². The first-order valence-corrected chi connectivity index (χ1v) is 8.78. The number of aliphatic imine (C=N–C) groups is 1. The highest BCUT2D eigenvalue weighted by Crippen LogP contribution is 2.20. The van der Waals surface area contributed by atoms with E-state index in [0.29, 0.717) is 5.69 Å². The van der Waals surface area contributed by atoms with Crippen LogP contribution in [0.2, 0.25) is 5.02 Å². The maximum absolute atomic E-state index is 12.8. The van der Waals surface area contributed by atoms with Crippen molar-refractivity contribution in [2.24, 2.45) is 10.9 Å². The van der Waals surface area contributed by atoms with Crippen LogP contribution >= 0.6 is 34.2 Å². The first-order chi connectivity index (χ1) is 12.0. The fourth-order valence-corrected chi connectivity index (χ4v) is 2.61. The summed E-state index contributed by atoms with van der Waals surface area (Å²) in [5.41, 5.74) is 0.904. The van der Waals surface area contributed by atoms with Gasteiger partial charge in [-0.05, 0) is 59.0 Å². The second kappa shape index (κ2) is 9.35. The fourth-order valence-electron chi connectivity index (χ4n) is 2.02. The molecule has 1 unspecified atom stereocenters. The molecule has 0 saturated carbocycles. The summed E-state index contributed by atoms with van der Waals surface area (Å²) >= 11 is 8.26. The number of benzene rings is 2. The number of Topliss-reactive ketones (excluding diaryl/α,β-unsaturated/α-hetero) is 1. The van der Waals surface area contributed by atoms with E-state index in [0.717, 1.165) is 3.57 Å². The number of nitrogens with one attached hydrogen (secondary N) is 1. The highest BCUT2D eigenvalue weighted by Gasteiger charge is 2.27. The summed E-state index contributed by atoms with van der Waals surface area (Å²) in [7, 11) is 0. The Labute approximate surface area is 164 Å². The molecule has 0 radical (unpaired) electrons. The summed E-state index contributed by atoms with van der Waals surface area (Å²) in [6, 6.07) is 13.9. The minimum absolute atomic E-state index is 0.0303. The van der Waals surface area contributed by atoms with Crippen molar-refractivity contribution < 1.29 is 9.59 Å². The zero-order chi connectivity index (χ0) is 18.2. The zero-order valence-electron chi connectivity index (χ0n) is 13.1. The minimum atomic E-state index is -1.12. The topological polar surface area (TPSA) is 58.5 Å². The van der Waals surface area contributed by atoms with Gasteiger partial charge in [0, 0.05) is 15.3 Å². The van der Waals surface area contributed by atoms with Crippen molar-refractivity contribution in [1.29, 1.82) is 0 Å². The Morgan fingerprint density at radius 2 is 1.92 bits per heavy atom. The highest BCUT2D eigenvalue weighted by atomic mass is 127. The van der Waals surface area contributed by atoms with Crippen LogP contribution in [0.5, 0.6) is 0 Å². The molecule has 25 heavy (non-hydrogen) atoms. The van der Waals surface area contributed by atoms with Crippen LogP contribution in [0.3, 0.4) is 0 Å². The Morgan fingerprint density at radius 3 is 2.56 bits per heavy atom. The van der Waals surface area contributed by atoms with Crippen molar-refractivity contribution in [1.82, 2.24) is 5.32 Å². The van der Waals surface area contributed by atoms with Crippen molar-refractivity contribution in [3.8, 4) is 12.3 Å². The molecule has 0 aliphatic carbocycles. The first-order valence-electron chi connectivity index (χ1n) is 7.32. The van der Waals surface area contributed by atoms with E-state index in [4.69, 9.17) is 18.0 Å². The lowest BCUT2D eigenvalue weighted by Gasteiger charge is -2.12. The minimum Gasteiger partial charge on any atom is -0.344 e. The number of nitrogens with zero attached hydrogens (tertiary/aromatic N) is 1. The molecule has 0 aliphatic rings. The maximum atomic E-state index is 12.8. The molecular weight excluding hydrogens is 451 g/mol. The SMILES string of the molecule is C#CCNC(=O)C(C=Nc1ccc(I)cc1)C(=O)c1ccccc1Cl. The van der Waals surface area contributed by atoms with Crippen LogP contribution in [-0.2, 0) is 4.79 Å². The average molecular weight is 465 g/mol. The van der Waals surface area contributed by atoms with Crippen LogP contribution in [0.25, 0.3) is 0 Å². The number of amides is 1. The maximum Gasteiger partial charge on any atom is 0.237 e. The van der Waals surface area contributed by atoms with Gasteiger partial charge in [0.05, 0.1) is 17.3 Å². The van der Waals surface area contributed by atoms with Crippen molar-refractivity contribution in [3.63, 3.8) is 0 Å². The molecule has 6 heteroatoms. The van der Waals surface area contributed by atoms with Gasteiger partial charge < -0.3 is 5.32 Å². The molecule has 0 aromatic heterocycles. The molecule has 0 aliphatic heterocycles. The molecule has 1 amide bonds. The van der Waals surface area contributed by atoms with E-state index in [1.165, 1.54) is 6.21 Å². The van der Waals surface area contributed by atoms with Crippen molar-refractivity contribution in [2.75, 3.05) is 6.54 Å². The smallest absolute Gasteiger partial charge is 0.237 e. The van der Waals surface area contributed by atoms with Gasteiger partial charge in [-0.1, -0.05) is 29.7 Å². The van der Waals surface area contributed by atoms with Crippen molar-refractivity contribution >= 4 is 57.8 Å². The lowest BCUT2D eigenvalue weighted by molar-refractivity contribution is -0.121. The van der Waals surface area contributed by atoms with E-state index in [2.05, 4.69) is 38.8 Å². The molecule has 2 rings (SSSR count). The summed E-state index contributed by atoms with van der Waals surface area (Å²) < 4.78 is 1.06. The van der Waals surface area contributed by atoms with Gasteiger partial charge in [0.15, 0.2) is 5.78 Å². The van der Waals surface area contributed by atoms with Gasteiger partial charge in [0.25, 0.3) is 0 Å². The highest BCUT2D eigenvalue weighted by molar-refractivity contribution is 14.1. The average Bonchev–Trinajstić information content (AvgIpc) is 2.61. The number of hydrogen-bond donors (Lipinski definition) is 1. The lowest BCUT2D eigenvalue weighted by Crippen LogP contribution is -2.36. The summed E-state index contributed by atoms with van der Waals surface area (Å²) in [5.74, 6) is 0.239.